The van der Waals surface area contributed by atoms with Crippen molar-refractivity contribution in [1.82, 2.24) is 14.7 Å². The molecule has 29 heavy (non-hydrogen) atoms. The Bertz CT molecular complexity index is 847. The van der Waals surface area contributed by atoms with Gasteiger partial charge in [-0.05, 0) is 25.0 Å². The fourth-order valence-electron chi connectivity index (χ4n) is 4.29. The molecule has 1 saturated carbocycles. The number of amides is 5. The molecule has 154 valence electrons. The van der Waals surface area contributed by atoms with Gasteiger partial charge in [0.1, 0.15) is 12.4 Å². The van der Waals surface area contributed by atoms with Crippen LogP contribution in [-0.4, -0.2) is 77.2 Å². The molecule has 2 aliphatic heterocycles. The van der Waals surface area contributed by atoms with E-state index in [2.05, 4.69) is 0 Å². The zero-order valence-corrected chi connectivity index (χ0v) is 16.1. The molecule has 1 aromatic carbocycles. The van der Waals surface area contributed by atoms with Crippen molar-refractivity contribution in [3.05, 3.63) is 30.1 Å². The summed E-state index contributed by atoms with van der Waals surface area (Å²) in [5, 5.41) is 0. The highest BCUT2D eigenvalue weighted by atomic mass is 19.1. The Morgan fingerprint density at radius 1 is 0.966 bits per heavy atom. The number of para-hydroxylation sites is 1. The van der Waals surface area contributed by atoms with E-state index in [9.17, 15) is 23.6 Å². The lowest BCUT2D eigenvalue weighted by Crippen LogP contribution is -2.52. The monoisotopic (exact) mass is 402 g/mol. The molecular weight excluding hydrogens is 379 g/mol. The van der Waals surface area contributed by atoms with Crippen LogP contribution in [-0.2, 0) is 14.4 Å². The van der Waals surface area contributed by atoms with Crippen LogP contribution in [0.4, 0.5) is 14.9 Å². The number of nitrogens with zero attached hydrogens (tertiary/aromatic N) is 4. The van der Waals surface area contributed by atoms with Gasteiger partial charge in [0.05, 0.1) is 5.69 Å². The van der Waals surface area contributed by atoms with Gasteiger partial charge in [0, 0.05) is 32.2 Å². The maximum absolute atomic E-state index is 13.9. The van der Waals surface area contributed by atoms with Crippen molar-refractivity contribution < 1.29 is 23.6 Å². The molecule has 3 aliphatic rings. The average molecular weight is 402 g/mol. The van der Waals surface area contributed by atoms with Gasteiger partial charge in [-0.1, -0.05) is 25.0 Å². The zero-order chi connectivity index (χ0) is 20.5. The topological polar surface area (TPSA) is 81.2 Å². The number of halogens is 1. The molecule has 0 atom stereocenters. The lowest BCUT2D eigenvalue weighted by molar-refractivity contribution is -0.145. The molecule has 9 heteroatoms. The molecule has 4 rings (SSSR count). The van der Waals surface area contributed by atoms with E-state index in [4.69, 9.17) is 0 Å². The molecule has 1 aliphatic carbocycles. The molecule has 3 fully saturated rings. The molecule has 0 radical (unpaired) electrons. The van der Waals surface area contributed by atoms with Crippen LogP contribution in [0.5, 0.6) is 0 Å². The quantitative estimate of drug-likeness (QED) is 0.559. The van der Waals surface area contributed by atoms with Gasteiger partial charge < -0.3 is 9.80 Å². The van der Waals surface area contributed by atoms with Crippen LogP contribution in [0.1, 0.15) is 25.7 Å². The summed E-state index contributed by atoms with van der Waals surface area (Å²) in [7, 11) is 0. The highest BCUT2D eigenvalue weighted by Gasteiger charge is 2.49. The molecule has 8 nitrogen and oxygen atoms in total. The third kappa shape index (κ3) is 3.56. The van der Waals surface area contributed by atoms with Crippen LogP contribution >= 0.6 is 0 Å². The Labute approximate surface area is 167 Å². The first-order chi connectivity index (χ1) is 14.0. The van der Waals surface area contributed by atoms with E-state index in [0.29, 0.717) is 44.7 Å². The minimum absolute atomic E-state index is 0.247. The van der Waals surface area contributed by atoms with Crippen LogP contribution in [0, 0.1) is 5.82 Å². The van der Waals surface area contributed by atoms with E-state index in [-0.39, 0.29) is 17.8 Å². The smallest absolute Gasteiger partial charge is 0.334 e. The number of benzene rings is 1. The number of anilines is 1. The first-order valence-corrected chi connectivity index (χ1v) is 9.93. The molecule has 0 bridgehead atoms. The minimum atomic E-state index is -0.930. The summed E-state index contributed by atoms with van der Waals surface area (Å²) in [6.07, 6.45) is 3.23. The van der Waals surface area contributed by atoms with E-state index in [1.807, 2.05) is 4.90 Å². The number of piperazine rings is 1. The Hall–Kier alpha value is -2.97. The maximum Gasteiger partial charge on any atom is 0.334 e. The Balaban J connectivity index is 1.36. The van der Waals surface area contributed by atoms with Gasteiger partial charge in [0.25, 0.3) is 0 Å². The summed E-state index contributed by atoms with van der Waals surface area (Å²) in [5.74, 6) is -2.47. The fourth-order valence-corrected chi connectivity index (χ4v) is 4.29. The second kappa shape index (κ2) is 7.81. The van der Waals surface area contributed by atoms with Crippen LogP contribution in [0.2, 0.25) is 0 Å². The van der Waals surface area contributed by atoms with E-state index in [1.165, 1.54) is 6.07 Å². The van der Waals surface area contributed by atoms with Gasteiger partial charge >= 0.3 is 17.8 Å². The molecule has 0 aromatic heterocycles. The van der Waals surface area contributed by atoms with Gasteiger partial charge in [-0.15, -0.1) is 0 Å². The largest absolute Gasteiger partial charge is 0.366 e. The summed E-state index contributed by atoms with van der Waals surface area (Å²) < 4.78 is 13.9. The highest BCUT2D eigenvalue weighted by Crippen LogP contribution is 2.28. The standard InChI is InChI=1S/C20H23FN4O4/c21-15-7-3-4-8-16(15)22-9-11-23(12-10-22)17(26)13-24-18(27)19(28)25(20(24)29)14-5-1-2-6-14/h3-4,7-8,14H,1-2,5-6,9-13H2. The number of hydrogen-bond donors (Lipinski definition) is 0. The molecule has 1 aromatic rings. The second-order valence-electron chi connectivity index (χ2n) is 7.61. The Kier molecular flexibility index (Phi) is 5.21. The molecule has 5 amide bonds. The highest BCUT2D eigenvalue weighted by molar-refractivity contribution is 6.45. The summed E-state index contributed by atoms with van der Waals surface area (Å²) in [6.45, 7) is 1.16. The number of carbonyl (C=O) groups excluding carboxylic acids is 4. The first-order valence-electron chi connectivity index (χ1n) is 9.93. The molecule has 0 spiro atoms. The lowest BCUT2D eigenvalue weighted by atomic mass is 10.2. The number of urea groups is 1. The van der Waals surface area contributed by atoms with Crippen molar-refractivity contribution in [2.24, 2.45) is 0 Å². The maximum atomic E-state index is 13.9. The SMILES string of the molecule is O=C(CN1C(=O)C(=O)N(C2CCCC2)C1=O)N1CCN(c2ccccc2F)CC1. The summed E-state index contributed by atoms with van der Waals surface area (Å²) in [6, 6.07) is 5.53. The van der Waals surface area contributed by atoms with Crippen molar-refractivity contribution in [3.8, 4) is 0 Å². The van der Waals surface area contributed by atoms with E-state index in [0.717, 1.165) is 22.6 Å². The molecule has 2 saturated heterocycles. The predicted octanol–water partition coefficient (Wildman–Crippen LogP) is 1.21. The van der Waals surface area contributed by atoms with Gasteiger partial charge in [-0.2, -0.15) is 0 Å². The van der Waals surface area contributed by atoms with E-state index < -0.39 is 24.4 Å². The fraction of sp³-hybridized carbons (Fsp3) is 0.500. The van der Waals surface area contributed by atoms with E-state index in [1.54, 1.807) is 23.1 Å². The van der Waals surface area contributed by atoms with Crippen LogP contribution in [0.25, 0.3) is 0 Å². The summed E-state index contributed by atoms with van der Waals surface area (Å²) >= 11 is 0. The van der Waals surface area contributed by atoms with Crippen LogP contribution in [0.15, 0.2) is 24.3 Å². The zero-order valence-electron chi connectivity index (χ0n) is 16.1. The molecular formula is C20H23FN4O4. The number of hydrogen-bond acceptors (Lipinski definition) is 5. The van der Waals surface area contributed by atoms with Crippen molar-refractivity contribution in [2.75, 3.05) is 37.6 Å². The second-order valence-corrected chi connectivity index (χ2v) is 7.61. The first kappa shape index (κ1) is 19.4. The number of imide groups is 2. The van der Waals surface area contributed by atoms with Crippen molar-refractivity contribution in [1.29, 1.82) is 0 Å². The lowest BCUT2D eigenvalue weighted by Gasteiger charge is -2.36. The predicted molar refractivity (Wildman–Crippen MR) is 101 cm³/mol. The van der Waals surface area contributed by atoms with Gasteiger partial charge in [0.2, 0.25) is 5.91 Å². The molecule has 0 N–H and O–H groups in total. The van der Waals surface area contributed by atoms with Crippen LogP contribution < -0.4 is 4.90 Å². The number of rotatable bonds is 4. The molecule has 2 heterocycles. The van der Waals surface area contributed by atoms with E-state index >= 15 is 0 Å². The van der Waals surface area contributed by atoms with Crippen molar-refractivity contribution in [3.63, 3.8) is 0 Å². The van der Waals surface area contributed by atoms with Gasteiger partial charge in [0.15, 0.2) is 0 Å². The minimum Gasteiger partial charge on any atom is -0.366 e. The van der Waals surface area contributed by atoms with Crippen molar-refractivity contribution in [2.45, 2.75) is 31.7 Å². The number of carbonyl (C=O) groups is 4. The third-order valence-electron chi connectivity index (χ3n) is 5.89. The van der Waals surface area contributed by atoms with Gasteiger partial charge in [-0.3, -0.25) is 19.3 Å². The molecule has 0 unspecified atom stereocenters. The summed E-state index contributed by atoms with van der Waals surface area (Å²) in [5.41, 5.74) is 0.488. The van der Waals surface area contributed by atoms with Crippen molar-refractivity contribution >= 4 is 29.4 Å². The average Bonchev–Trinajstić information content (AvgIpc) is 3.32. The van der Waals surface area contributed by atoms with Gasteiger partial charge in [-0.25, -0.2) is 14.1 Å². The van der Waals surface area contributed by atoms with Crippen LogP contribution in [0.3, 0.4) is 0 Å². The third-order valence-corrected chi connectivity index (χ3v) is 5.89. The summed E-state index contributed by atoms with van der Waals surface area (Å²) in [4.78, 5) is 54.9. The normalized spacial score (nSPS) is 20.9. The Morgan fingerprint density at radius 3 is 2.28 bits per heavy atom. The Morgan fingerprint density at radius 2 is 1.62 bits per heavy atom.